The molecular formula is C22H35F3O8S. The number of esters is 1. The Bertz CT molecular complexity index is 836. The minimum Gasteiger partial charge on any atom is -0.465 e. The largest absolute Gasteiger partial charge is 0.534 e. The summed E-state index contributed by atoms with van der Waals surface area (Å²) >= 11 is 0. The molecule has 0 spiro atoms. The molecule has 0 saturated carbocycles. The van der Waals surface area contributed by atoms with Gasteiger partial charge in [-0.05, 0) is 52.9 Å². The minimum atomic E-state index is -5.78. The first kappa shape index (κ1) is 28.9. The van der Waals surface area contributed by atoms with E-state index in [4.69, 9.17) is 14.2 Å². The highest BCUT2D eigenvalue weighted by molar-refractivity contribution is 7.87. The molecule has 0 aromatic carbocycles. The van der Waals surface area contributed by atoms with Crippen LogP contribution in [0.3, 0.4) is 0 Å². The summed E-state index contributed by atoms with van der Waals surface area (Å²) in [5.41, 5.74) is -7.06. The van der Waals surface area contributed by atoms with Crippen molar-refractivity contribution in [2.45, 2.75) is 95.6 Å². The third-order valence-corrected chi connectivity index (χ3v) is 7.12. The van der Waals surface area contributed by atoms with E-state index in [9.17, 15) is 31.5 Å². The molecule has 2 fully saturated rings. The van der Waals surface area contributed by atoms with Crippen LogP contribution in [0.15, 0.2) is 12.3 Å². The Labute approximate surface area is 198 Å². The number of allylic oxidation sites excluding steroid dienone is 1. The van der Waals surface area contributed by atoms with Crippen molar-refractivity contribution in [3.63, 3.8) is 0 Å². The highest BCUT2D eigenvalue weighted by atomic mass is 32.2. The summed E-state index contributed by atoms with van der Waals surface area (Å²) < 4.78 is 81.7. The van der Waals surface area contributed by atoms with Gasteiger partial charge in [-0.2, -0.15) is 21.6 Å². The second-order valence-corrected chi connectivity index (χ2v) is 11.6. The van der Waals surface area contributed by atoms with Gasteiger partial charge < -0.3 is 23.5 Å². The molecule has 0 aromatic rings. The highest BCUT2D eigenvalue weighted by Gasteiger charge is 2.53. The summed E-state index contributed by atoms with van der Waals surface area (Å²) in [5.74, 6) is -1.54. The van der Waals surface area contributed by atoms with E-state index >= 15 is 0 Å². The Kier molecular flexibility index (Phi) is 9.10. The summed E-state index contributed by atoms with van der Waals surface area (Å²) in [6.07, 6.45) is 1.91. The van der Waals surface area contributed by atoms with E-state index in [1.165, 1.54) is 6.92 Å². The molecule has 0 bridgehead atoms. The third-order valence-electron chi connectivity index (χ3n) is 6.12. The number of carbonyl (C=O) groups excluding carboxylic acids is 1. The second-order valence-electron chi connectivity index (χ2n) is 10.1. The lowest BCUT2D eigenvalue weighted by molar-refractivity contribution is -0.185. The Morgan fingerprint density at radius 3 is 2.44 bits per heavy atom. The number of alkyl halides is 3. The Morgan fingerprint density at radius 1 is 1.24 bits per heavy atom. The Hall–Kier alpha value is -1.37. The van der Waals surface area contributed by atoms with Gasteiger partial charge in [0.15, 0.2) is 0 Å². The van der Waals surface area contributed by atoms with Gasteiger partial charge in [0.2, 0.25) is 0 Å². The minimum absolute atomic E-state index is 0.175. The van der Waals surface area contributed by atoms with E-state index in [0.29, 0.717) is 32.1 Å². The number of halogens is 3. The fourth-order valence-corrected chi connectivity index (χ4v) is 4.67. The van der Waals surface area contributed by atoms with Crippen molar-refractivity contribution < 1.29 is 49.9 Å². The third kappa shape index (κ3) is 7.08. The van der Waals surface area contributed by atoms with Crippen LogP contribution in [0, 0.1) is 11.3 Å². The van der Waals surface area contributed by atoms with Crippen molar-refractivity contribution in [3.8, 4) is 0 Å². The van der Waals surface area contributed by atoms with Crippen LogP contribution in [0.2, 0.25) is 0 Å². The zero-order chi connectivity index (χ0) is 25.9. The molecule has 2 aliphatic rings. The predicted molar refractivity (Wildman–Crippen MR) is 116 cm³/mol. The normalized spacial score (nSPS) is 28.8. The predicted octanol–water partition coefficient (Wildman–Crippen LogP) is 3.83. The lowest BCUT2D eigenvalue weighted by Gasteiger charge is -2.41. The summed E-state index contributed by atoms with van der Waals surface area (Å²) in [4.78, 5) is 11.9. The van der Waals surface area contributed by atoms with E-state index < -0.39 is 44.4 Å². The van der Waals surface area contributed by atoms with E-state index in [-0.39, 0.29) is 37.8 Å². The van der Waals surface area contributed by atoms with E-state index in [0.717, 1.165) is 0 Å². The molecule has 0 radical (unpaired) electrons. The first-order valence-electron chi connectivity index (χ1n) is 11.3. The Balaban J connectivity index is 1.88. The molecular weight excluding hydrogens is 481 g/mol. The van der Waals surface area contributed by atoms with Crippen molar-refractivity contribution in [2.75, 3.05) is 13.2 Å². The van der Waals surface area contributed by atoms with Crippen molar-refractivity contribution in [1.29, 1.82) is 0 Å². The number of fused-ring (bicyclic) bond motifs is 1. The maximum atomic E-state index is 12.6. The molecule has 0 aromatic heterocycles. The van der Waals surface area contributed by atoms with Crippen LogP contribution in [-0.4, -0.2) is 62.1 Å². The fourth-order valence-electron chi connectivity index (χ4n) is 4.13. The maximum Gasteiger partial charge on any atom is 0.534 e. The van der Waals surface area contributed by atoms with Crippen LogP contribution in [0.25, 0.3) is 0 Å². The van der Waals surface area contributed by atoms with Crippen molar-refractivity contribution in [2.24, 2.45) is 11.3 Å². The lowest BCUT2D eigenvalue weighted by Crippen LogP contribution is -2.51. The number of carbonyl (C=O) groups is 1. The van der Waals surface area contributed by atoms with Crippen LogP contribution >= 0.6 is 0 Å². The SMILES string of the molecule is C=C(OS(=O)(=O)C(F)(F)F)[C@H](C)CC1CCC2O[C@@H](CCCOC(=O)C(C)(C)C)CC2(CO)O1. The maximum absolute atomic E-state index is 12.6. The van der Waals surface area contributed by atoms with Crippen LogP contribution in [-0.2, 0) is 33.3 Å². The van der Waals surface area contributed by atoms with Crippen LogP contribution in [0.1, 0.15) is 66.2 Å². The molecule has 34 heavy (non-hydrogen) atoms. The van der Waals surface area contributed by atoms with Crippen LogP contribution < -0.4 is 0 Å². The molecule has 0 aliphatic carbocycles. The molecule has 2 aliphatic heterocycles. The van der Waals surface area contributed by atoms with Crippen LogP contribution in [0.5, 0.6) is 0 Å². The summed E-state index contributed by atoms with van der Waals surface area (Å²) in [6.45, 7) is 10.1. The smallest absolute Gasteiger partial charge is 0.465 e. The van der Waals surface area contributed by atoms with Gasteiger partial charge in [-0.3, -0.25) is 4.79 Å². The fraction of sp³-hybridized carbons (Fsp3) is 0.864. The molecule has 1 N–H and O–H groups in total. The summed E-state index contributed by atoms with van der Waals surface area (Å²) in [6, 6.07) is 0. The number of aliphatic hydroxyl groups excluding tert-OH is 1. The van der Waals surface area contributed by atoms with Gasteiger partial charge >= 0.3 is 21.6 Å². The summed E-state index contributed by atoms with van der Waals surface area (Å²) in [7, 11) is -5.78. The molecule has 8 nitrogen and oxygen atoms in total. The van der Waals surface area contributed by atoms with Gasteiger partial charge in [0.05, 0.1) is 36.9 Å². The molecule has 5 atom stereocenters. The standard InChI is InChI=1S/C22H35F3O8S/c1-14(15(2)33-34(28,29)22(23,24)25)11-16-8-9-18-21(13-26,32-16)12-17(31-18)7-6-10-30-19(27)20(3,4)5/h14,16-18,26H,2,6-13H2,1,3-5H3/t14-,16?,17+,18?,21?/m1/s1. The number of hydrogen-bond donors (Lipinski definition) is 1. The zero-order valence-electron chi connectivity index (χ0n) is 20.0. The molecule has 2 rings (SSSR count). The van der Waals surface area contributed by atoms with Crippen molar-refractivity contribution >= 4 is 16.1 Å². The highest BCUT2D eigenvalue weighted by Crippen LogP contribution is 2.44. The zero-order valence-corrected chi connectivity index (χ0v) is 20.8. The second kappa shape index (κ2) is 10.7. The van der Waals surface area contributed by atoms with Gasteiger partial charge in [0.25, 0.3) is 0 Å². The molecule has 0 amide bonds. The Morgan fingerprint density at radius 2 is 1.88 bits per heavy atom. The van der Waals surface area contributed by atoms with Crippen LogP contribution in [0.4, 0.5) is 13.2 Å². The molecule has 2 heterocycles. The van der Waals surface area contributed by atoms with Gasteiger partial charge in [-0.15, -0.1) is 0 Å². The number of ether oxygens (including phenoxy) is 3. The van der Waals surface area contributed by atoms with Gasteiger partial charge in [0.1, 0.15) is 11.4 Å². The van der Waals surface area contributed by atoms with Crippen molar-refractivity contribution in [1.82, 2.24) is 0 Å². The molecule has 3 unspecified atom stereocenters. The average Bonchev–Trinajstić information content (AvgIpc) is 3.07. The monoisotopic (exact) mass is 516 g/mol. The number of rotatable bonds is 10. The van der Waals surface area contributed by atoms with E-state index in [1.54, 1.807) is 20.8 Å². The van der Waals surface area contributed by atoms with Gasteiger partial charge in [-0.25, -0.2) is 0 Å². The first-order chi connectivity index (χ1) is 15.5. The quantitative estimate of drug-likeness (QED) is 0.153. The number of hydrogen-bond acceptors (Lipinski definition) is 8. The van der Waals surface area contributed by atoms with Gasteiger partial charge in [0, 0.05) is 12.3 Å². The van der Waals surface area contributed by atoms with E-state index in [1.807, 2.05) is 0 Å². The average molecular weight is 517 g/mol. The lowest BCUT2D eigenvalue weighted by atomic mass is 9.85. The van der Waals surface area contributed by atoms with Gasteiger partial charge in [-0.1, -0.05) is 13.5 Å². The van der Waals surface area contributed by atoms with E-state index in [2.05, 4.69) is 10.8 Å². The number of aliphatic hydroxyl groups is 1. The topological polar surface area (TPSA) is 108 Å². The summed E-state index contributed by atoms with van der Waals surface area (Å²) in [5, 5.41) is 10.1. The molecule has 2 saturated heterocycles. The first-order valence-corrected chi connectivity index (χ1v) is 12.7. The molecule has 12 heteroatoms. The van der Waals surface area contributed by atoms with Crippen molar-refractivity contribution in [3.05, 3.63) is 12.3 Å². The molecule has 198 valence electrons.